The fraction of sp³-hybridized carbons (Fsp3) is 0.188. The highest BCUT2D eigenvalue weighted by molar-refractivity contribution is 5.73. The highest BCUT2D eigenvalue weighted by Gasteiger charge is 2.13. The van der Waals surface area contributed by atoms with E-state index < -0.39 is 0 Å². The van der Waals surface area contributed by atoms with Gasteiger partial charge in [0.15, 0.2) is 0 Å². The van der Waals surface area contributed by atoms with E-state index >= 15 is 0 Å². The van der Waals surface area contributed by atoms with Crippen LogP contribution in [-0.2, 0) is 6.54 Å². The molecule has 0 bridgehead atoms. The molecular formula is C16H17N3O. The molecule has 4 heteroatoms. The Labute approximate surface area is 119 Å². The van der Waals surface area contributed by atoms with Gasteiger partial charge in [-0.3, -0.25) is 0 Å². The van der Waals surface area contributed by atoms with Gasteiger partial charge in [0.25, 0.3) is 0 Å². The molecule has 0 amide bonds. The van der Waals surface area contributed by atoms with Gasteiger partial charge in [-0.25, -0.2) is 0 Å². The first-order valence-corrected chi connectivity index (χ1v) is 6.31. The van der Waals surface area contributed by atoms with Gasteiger partial charge < -0.3 is 15.4 Å². The first-order chi connectivity index (χ1) is 9.71. The first kappa shape index (κ1) is 13.9. The average molecular weight is 267 g/mol. The van der Waals surface area contributed by atoms with E-state index in [-0.39, 0.29) is 0 Å². The SMILES string of the molecule is COc1ccccc1N(C)c1ccc(CN)cc1C#N. The predicted octanol–water partition coefficient (Wildman–Crippen LogP) is 2.79. The minimum absolute atomic E-state index is 0.424. The zero-order valence-corrected chi connectivity index (χ0v) is 11.6. The summed E-state index contributed by atoms with van der Waals surface area (Å²) in [5.74, 6) is 0.766. The molecule has 0 aliphatic rings. The van der Waals surface area contributed by atoms with Crippen molar-refractivity contribution in [3.63, 3.8) is 0 Å². The smallest absolute Gasteiger partial charge is 0.142 e. The van der Waals surface area contributed by atoms with Gasteiger partial charge in [-0.05, 0) is 29.8 Å². The van der Waals surface area contributed by atoms with Crippen molar-refractivity contribution < 1.29 is 4.74 Å². The summed E-state index contributed by atoms with van der Waals surface area (Å²) in [7, 11) is 3.55. The number of nitrogens with zero attached hydrogens (tertiary/aromatic N) is 2. The lowest BCUT2D eigenvalue weighted by Gasteiger charge is -2.23. The van der Waals surface area contributed by atoms with Crippen LogP contribution in [0.2, 0.25) is 0 Å². The Morgan fingerprint density at radius 3 is 2.60 bits per heavy atom. The maximum absolute atomic E-state index is 9.31. The zero-order valence-electron chi connectivity index (χ0n) is 11.6. The lowest BCUT2D eigenvalue weighted by molar-refractivity contribution is 0.415. The second-order valence-corrected chi connectivity index (χ2v) is 4.40. The summed E-state index contributed by atoms with van der Waals surface area (Å²) < 4.78 is 5.36. The number of anilines is 2. The van der Waals surface area contributed by atoms with Crippen LogP contribution in [0.4, 0.5) is 11.4 Å². The highest BCUT2D eigenvalue weighted by Crippen LogP contribution is 2.33. The first-order valence-electron chi connectivity index (χ1n) is 6.31. The van der Waals surface area contributed by atoms with Gasteiger partial charge in [0.05, 0.1) is 24.0 Å². The molecule has 2 N–H and O–H groups in total. The van der Waals surface area contributed by atoms with Crippen molar-refractivity contribution in [2.75, 3.05) is 19.1 Å². The summed E-state index contributed by atoms with van der Waals surface area (Å²) in [4.78, 5) is 1.94. The Hall–Kier alpha value is -2.51. The summed E-state index contributed by atoms with van der Waals surface area (Å²) in [6.45, 7) is 0.424. The molecule has 0 fully saturated rings. The number of para-hydroxylation sites is 2. The van der Waals surface area contributed by atoms with Crippen molar-refractivity contribution in [1.82, 2.24) is 0 Å². The van der Waals surface area contributed by atoms with Gasteiger partial charge in [0, 0.05) is 13.6 Å². The van der Waals surface area contributed by atoms with E-state index in [4.69, 9.17) is 10.5 Å². The molecular weight excluding hydrogens is 250 g/mol. The summed E-state index contributed by atoms with van der Waals surface area (Å²) in [5, 5.41) is 9.31. The van der Waals surface area contributed by atoms with Crippen LogP contribution in [0.15, 0.2) is 42.5 Å². The lowest BCUT2D eigenvalue weighted by Crippen LogP contribution is -2.12. The van der Waals surface area contributed by atoms with Crippen molar-refractivity contribution in [1.29, 1.82) is 5.26 Å². The number of benzene rings is 2. The molecule has 0 spiro atoms. The predicted molar refractivity (Wildman–Crippen MR) is 80.1 cm³/mol. The molecule has 2 aromatic rings. The maximum atomic E-state index is 9.31. The summed E-state index contributed by atoms with van der Waals surface area (Å²) in [6.07, 6.45) is 0. The van der Waals surface area contributed by atoms with Crippen LogP contribution in [0.25, 0.3) is 0 Å². The molecule has 0 saturated carbocycles. The van der Waals surface area contributed by atoms with Crippen LogP contribution in [-0.4, -0.2) is 14.2 Å². The Morgan fingerprint density at radius 2 is 1.95 bits per heavy atom. The van der Waals surface area contributed by atoms with Gasteiger partial charge in [-0.15, -0.1) is 0 Å². The Balaban J connectivity index is 2.48. The third-order valence-corrected chi connectivity index (χ3v) is 3.22. The number of methoxy groups -OCH3 is 1. The fourth-order valence-corrected chi connectivity index (χ4v) is 2.13. The van der Waals surface area contributed by atoms with E-state index in [2.05, 4.69) is 6.07 Å². The maximum Gasteiger partial charge on any atom is 0.142 e. The summed E-state index contributed by atoms with van der Waals surface area (Å²) in [6, 6.07) is 15.6. The van der Waals surface area contributed by atoms with Crippen LogP contribution < -0.4 is 15.4 Å². The van der Waals surface area contributed by atoms with Crippen LogP contribution >= 0.6 is 0 Å². The van der Waals surface area contributed by atoms with Gasteiger partial charge in [-0.2, -0.15) is 5.26 Å². The lowest BCUT2D eigenvalue weighted by atomic mass is 10.1. The number of nitriles is 1. The number of rotatable bonds is 4. The normalized spacial score (nSPS) is 9.90. The third-order valence-electron chi connectivity index (χ3n) is 3.22. The standard InChI is InChI=1S/C16H17N3O/c1-19(15-5-3-4-6-16(15)20-2)14-8-7-12(10-17)9-13(14)11-18/h3-9H,10,17H2,1-2H3. The molecule has 0 saturated heterocycles. The monoisotopic (exact) mass is 267 g/mol. The second-order valence-electron chi connectivity index (χ2n) is 4.40. The summed E-state index contributed by atoms with van der Waals surface area (Å²) >= 11 is 0. The number of ether oxygens (including phenoxy) is 1. The van der Waals surface area contributed by atoms with Crippen LogP contribution in [0, 0.1) is 11.3 Å². The van der Waals surface area contributed by atoms with E-state index in [1.165, 1.54) is 0 Å². The van der Waals surface area contributed by atoms with Crippen LogP contribution in [0.5, 0.6) is 5.75 Å². The van der Waals surface area contributed by atoms with Crippen LogP contribution in [0.3, 0.4) is 0 Å². The molecule has 0 atom stereocenters. The van der Waals surface area contributed by atoms with Crippen molar-refractivity contribution in [2.24, 2.45) is 5.73 Å². The van der Waals surface area contributed by atoms with E-state index in [0.29, 0.717) is 12.1 Å². The summed E-state index contributed by atoms with van der Waals surface area (Å²) in [5.41, 5.74) is 8.89. The molecule has 0 aliphatic carbocycles. The second kappa shape index (κ2) is 6.09. The van der Waals surface area contributed by atoms with E-state index in [0.717, 1.165) is 22.7 Å². The van der Waals surface area contributed by atoms with Crippen molar-refractivity contribution >= 4 is 11.4 Å². The largest absolute Gasteiger partial charge is 0.495 e. The van der Waals surface area contributed by atoms with Gasteiger partial charge in [0.1, 0.15) is 11.8 Å². The molecule has 0 unspecified atom stereocenters. The fourth-order valence-electron chi connectivity index (χ4n) is 2.13. The van der Waals surface area contributed by atoms with Crippen molar-refractivity contribution in [3.05, 3.63) is 53.6 Å². The number of hydrogen-bond donors (Lipinski definition) is 1. The van der Waals surface area contributed by atoms with Gasteiger partial charge >= 0.3 is 0 Å². The topological polar surface area (TPSA) is 62.3 Å². The quantitative estimate of drug-likeness (QED) is 0.925. The molecule has 0 aliphatic heterocycles. The van der Waals surface area contributed by atoms with E-state index in [1.54, 1.807) is 7.11 Å². The van der Waals surface area contributed by atoms with Gasteiger partial charge in [-0.1, -0.05) is 18.2 Å². The van der Waals surface area contributed by atoms with Crippen molar-refractivity contribution in [3.8, 4) is 11.8 Å². The molecule has 0 aromatic heterocycles. The highest BCUT2D eigenvalue weighted by atomic mass is 16.5. The van der Waals surface area contributed by atoms with Crippen LogP contribution in [0.1, 0.15) is 11.1 Å². The Bertz CT molecular complexity index is 646. The molecule has 0 radical (unpaired) electrons. The third kappa shape index (κ3) is 2.58. The average Bonchev–Trinajstić information content (AvgIpc) is 2.53. The minimum Gasteiger partial charge on any atom is -0.495 e. The molecule has 102 valence electrons. The number of hydrogen-bond acceptors (Lipinski definition) is 4. The minimum atomic E-state index is 0.424. The number of nitrogens with two attached hydrogens (primary N) is 1. The van der Waals surface area contributed by atoms with Gasteiger partial charge in [0.2, 0.25) is 0 Å². The van der Waals surface area contributed by atoms with E-state index in [1.807, 2.05) is 54.4 Å². The van der Waals surface area contributed by atoms with Crippen molar-refractivity contribution in [2.45, 2.75) is 6.54 Å². The molecule has 0 heterocycles. The Morgan fingerprint density at radius 1 is 1.20 bits per heavy atom. The Kier molecular flexibility index (Phi) is 4.24. The molecule has 2 aromatic carbocycles. The molecule has 20 heavy (non-hydrogen) atoms. The van der Waals surface area contributed by atoms with E-state index in [9.17, 15) is 5.26 Å². The molecule has 4 nitrogen and oxygen atoms in total. The zero-order chi connectivity index (χ0) is 14.5. The molecule has 2 rings (SSSR count).